The predicted molar refractivity (Wildman–Crippen MR) is 120 cm³/mol. The Morgan fingerprint density at radius 3 is 2.38 bits per heavy atom. The number of carbonyl (C=O) groups is 2. The average molecular weight is 438 g/mol. The molecular weight excluding hydrogens is 412 g/mol. The molecule has 32 heavy (non-hydrogen) atoms. The van der Waals surface area contributed by atoms with Gasteiger partial charge in [-0.25, -0.2) is 4.79 Å². The van der Waals surface area contributed by atoms with Gasteiger partial charge in [0.15, 0.2) is 5.78 Å². The molecule has 0 saturated heterocycles. The van der Waals surface area contributed by atoms with Gasteiger partial charge in [-0.15, -0.1) is 0 Å². The predicted octanol–water partition coefficient (Wildman–Crippen LogP) is 4.22. The third-order valence-corrected chi connectivity index (χ3v) is 5.05. The fourth-order valence-electron chi connectivity index (χ4n) is 3.40. The number of Topliss-reactive ketones (excluding diaryl/α,β-unsaturated/α-hetero) is 1. The molecule has 0 amide bonds. The Morgan fingerprint density at radius 1 is 0.969 bits per heavy atom. The molecule has 0 fully saturated rings. The number of benzene rings is 3. The molecule has 0 aliphatic rings. The largest absolute Gasteiger partial charge is 0.507 e. The first kappa shape index (κ1) is 23.1. The summed E-state index contributed by atoms with van der Waals surface area (Å²) in [5, 5.41) is 31.4. The van der Waals surface area contributed by atoms with E-state index in [-0.39, 0.29) is 35.9 Å². The van der Waals surface area contributed by atoms with Gasteiger partial charge in [0.25, 0.3) is 0 Å². The number of hydrogen-bond donors (Lipinski definition) is 3. The van der Waals surface area contributed by atoms with Crippen molar-refractivity contribution in [1.82, 2.24) is 0 Å². The molecule has 3 N–H and O–H groups in total. The molecule has 7 heteroatoms. The molecule has 1 atom stereocenters. The molecule has 0 aliphatic heterocycles. The summed E-state index contributed by atoms with van der Waals surface area (Å²) in [5.74, 6) is -0.407. The lowest BCUT2D eigenvalue weighted by molar-refractivity contribution is 0.0622. The van der Waals surface area contributed by atoms with Crippen molar-refractivity contribution in [3.05, 3.63) is 65.2 Å². The summed E-state index contributed by atoms with van der Waals surface area (Å²) in [5.41, 5.74) is 0.967. The number of carbonyl (C=O) groups excluding carboxylic acids is 1. The second-order valence-electron chi connectivity index (χ2n) is 7.55. The van der Waals surface area contributed by atoms with E-state index < -0.39 is 12.1 Å². The number of ketones is 1. The molecule has 0 heterocycles. The molecule has 3 aromatic rings. The lowest BCUT2D eigenvalue weighted by atomic mass is 10.0. The Labute approximate surface area is 185 Å². The van der Waals surface area contributed by atoms with E-state index in [0.717, 1.165) is 17.2 Å². The number of carboxylic acid groups (broad SMARTS) is 1. The monoisotopic (exact) mass is 438 g/mol. The normalized spacial score (nSPS) is 11.8. The van der Waals surface area contributed by atoms with Crippen molar-refractivity contribution in [1.29, 1.82) is 0 Å². The first-order chi connectivity index (χ1) is 15.3. The van der Waals surface area contributed by atoms with Gasteiger partial charge in [0.05, 0.1) is 11.1 Å². The molecule has 168 valence electrons. The smallest absolute Gasteiger partial charge is 0.335 e. The first-order valence-corrected chi connectivity index (χ1v) is 10.4. The van der Waals surface area contributed by atoms with Crippen LogP contribution in [0.3, 0.4) is 0 Å². The second kappa shape index (κ2) is 10.2. The summed E-state index contributed by atoms with van der Waals surface area (Å²) in [4.78, 5) is 22.8. The summed E-state index contributed by atoms with van der Waals surface area (Å²) in [6, 6.07) is 13.2. The maximum Gasteiger partial charge on any atom is 0.335 e. The van der Waals surface area contributed by atoms with E-state index in [1.54, 1.807) is 36.4 Å². The molecule has 3 rings (SSSR count). The lowest BCUT2D eigenvalue weighted by Gasteiger charge is -2.17. The lowest BCUT2D eigenvalue weighted by Crippen LogP contribution is -2.25. The molecule has 0 aromatic heterocycles. The van der Waals surface area contributed by atoms with Gasteiger partial charge in [-0.05, 0) is 60.5 Å². The number of aliphatic hydroxyl groups is 1. The van der Waals surface area contributed by atoms with E-state index in [2.05, 4.69) is 0 Å². The quantitative estimate of drug-likeness (QED) is 0.406. The second-order valence-corrected chi connectivity index (χ2v) is 7.55. The highest BCUT2D eigenvalue weighted by Gasteiger charge is 2.17. The Hall–Kier alpha value is -3.58. The third-order valence-electron chi connectivity index (χ3n) is 5.05. The van der Waals surface area contributed by atoms with Gasteiger partial charge in [0, 0.05) is 5.56 Å². The number of hydrogen-bond acceptors (Lipinski definition) is 6. The van der Waals surface area contributed by atoms with Gasteiger partial charge in [-0.1, -0.05) is 25.5 Å². The molecule has 3 aromatic carbocycles. The van der Waals surface area contributed by atoms with Gasteiger partial charge in [-0.2, -0.15) is 0 Å². The average Bonchev–Trinajstić information content (AvgIpc) is 2.77. The minimum atomic E-state index is -1.00. The van der Waals surface area contributed by atoms with Crippen LogP contribution in [0.5, 0.6) is 17.2 Å². The highest BCUT2D eigenvalue weighted by molar-refractivity contribution is 5.97. The van der Waals surface area contributed by atoms with Gasteiger partial charge >= 0.3 is 5.97 Å². The van der Waals surface area contributed by atoms with Crippen LogP contribution in [0.2, 0.25) is 0 Å². The van der Waals surface area contributed by atoms with Gasteiger partial charge < -0.3 is 24.8 Å². The zero-order chi connectivity index (χ0) is 23.3. The van der Waals surface area contributed by atoms with E-state index in [0.29, 0.717) is 23.5 Å². The topological polar surface area (TPSA) is 113 Å². The van der Waals surface area contributed by atoms with Crippen LogP contribution in [0, 0.1) is 0 Å². The number of carboxylic acids is 1. The molecule has 0 bridgehead atoms. The van der Waals surface area contributed by atoms with Crippen LogP contribution >= 0.6 is 0 Å². The number of phenolic OH excluding ortho intramolecular Hbond substituents is 1. The van der Waals surface area contributed by atoms with Gasteiger partial charge in [0.2, 0.25) is 0 Å². The van der Waals surface area contributed by atoms with E-state index >= 15 is 0 Å². The molecule has 7 nitrogen and oxygen atoms in total. The van der Waals surface area contributed by atoms with Crippen molar-refractivity contribution in [3.63, 3.8) is 0 Å². The fourth-order valence-corrected chi connectivity index (χ4v) is 3.40. The van der Waals surface area contributed by atoms with Gasteiger partial charge in [-0.3, -0.25) is 4.79 Å². The van der Waals surface area contributed by atoms with E-state index in [1.807, 2.05) is 13.0 Å². The molecule has 0 aliphatic carbocycles. The summed E-state index contributed by atoms with van der Waals surface area (Å²) < 4.78 is 11.3. The summed E-state index contributed by atoms with van der Waals surface area (Å²) in [6.07, 6.45) is 0.340. The molecule has 0 saturated carbocycles. The van der Waals surface area contributed by atoms with E-state index in [4.69, 9.17) is 14.6 Å². The third kappa shape index (κ3) is 5.36. The highest BCUT2D eigenvalue weighted by Crippen LogP contribution is 2.33. The molecule has 0 radical (unpaired) electrons. The number of fused-ring (bicyclic) bond motifs is 1. The number of rotatable bonds is 10. The fraction of sp³-hybridized carbons (Fsp3) is 0.280. The number of ether oxygens (including phenoxy) is 2. The minimum Gasteiger partial charge on any atom is -0.507 e. The van der Waals surface area contributed by atoms with Crippen molar-refractivity contribution < 1.29 is 34.4 Å². The summed E-state index contributed by atoms with van der Waals surface area (Å²) in [6.45, 7) is 3.24. The van der Waals surface area contributed by atoms with Crippen LogP contribution in [-0.2, 0) is 6.42 Å². The maximum atomic E-state index is 11.7. The van der Waals surface area contributed by atoms with Crippen LogP contribution in [0.25, 0.3) is 10.8 Å². The van der Waals surface area contributed by atoms with Crippen molar-refractivity contribution in [2.75, 3.05) is 13.2 Å². The summed E-state index contributed by atoms with van der Waals surface area (Å²) in [7, 11) is 0. The van der Waals surface area contributed by atoms with E-state index in [9.17, 15) is 19.8 Å². The zero-order valence-electron chi connectivity index (χ0n) is 18.0. The van der Waals surface area contributed by atoms with Crippen LogP contribution in [-0.4, -0.2) is 46.4 Å². The van der Waals surface area contributed by atoms with Crippen molar-refractivity contribution >= 4 is 22.5 Å². The minimum absolute atomic E-state index is 0.0370. The number of phenols is 1. The molecule has 0 spiro atoms. The Bertz CT molecular complexity index is 1140. The molecular formula is C25H26O7. The van der Waals surface area contributed by atoms with E-state index in [1.165, 1.54) is 13.0 Å². The highest BCUT2D eigenvalue weighted by atomic mass is 16.5. The number of aromatic carboxylic acids is 1. The Balaban J connectivity index is 1.64. The van der Waals surface area contributed by atoms with Crippen molar-refractivity contribution in [3.8, 4) is 17.2 Å². The standard InChI is InChI=1S/C25H26O7/c1-3-4-22-23(10-9-21(15(2)26)24(22)28)32-14-19(27)13-31-20-8-7-16-5-6-17(25(29)30)11-18(16)12-20/h5-12,19,27-28H,3-4,13-14H2,1-2H3,(H,29,30). The SMILES string of the molecule is CCCc1c(OCC(O)COc2ccc3ccc(C(=O)O)cc3c2)ccc(C(C)=O)c1O. The number of aliphatic hydroxyl groups excluding tert-OH is 1. The maximum absolute atomic E-state index is 11.7. The Morgan fingerprint density at radius 2 is 1.69 bits per heavy atom. The van der Waals surface area contributed by atoms with Crippen LogP contribution in [0.15, 0.2) is 48.5 Å². The summed E-state index contributed by atoms with van der Waals surface area (Å²) >= 11 is 0. The zero-order valence-corrected chi connectivity index (χ0v) is 18.0. The molecule has 1 unspecified atom stereocenters. The van der Waals surface area contributed by atoms with Crippen LogP contribution in [0.4, 0.5) is 0 Å². The number of aromatic hydroxyl groups is 1. The van der Waals surface area contributed by atoms with Gasteiger partial charge in [0.1, 0.15) is 36.6 Å². The van der Waals surface area contributed by atoms with Crippen molar-refractivity contribution in [2.24, 2.45) is 0 Å². The van der Waals surface area contributed by atoms with Crippen LogP contribution in [0.1, 0.15) is 46.5 Å². The van der Waals surface area contributed by atoms with Crippen molar-refractivity contribution in [2.45, 2.75) is 32.8 Å². The first-order valence-electron chi connectivity index (χ1n) is 10.4. The van der Waals surface area contributed by atoms with Crippen LogP contribution < -0.4 is 9.47 Å². The Kier molecular flexibility index (Phi) is 7.33.